The van der Waals surface area contributed by atoms with E-state index in [2.05, 4.69) is 120 Å². The molecule has 2 heterocycles. The lowest BCUT2D eigenvalue weighted by molar-refractivity contribution is 0.916. The predicted octanol–water partition coefficient (Wildman–Crippen LogP) is 6.07. The molecule has 0 aliphatic carbocycles. The maximum atomic E-state index is 3.27. The lowest BCUT2D eigenvalue weighted by Gasteiger charge is -2.22. The van der Waals surface area contributed by atoms with Gasteiger partial charge in [0.05, 0.1) is 11.4 Å². The minimum atomic E-state index is 0.905. The van der Waals surface area contributed by atoms with E-state index in [0.29, 0.717) is 0 Å². The van der Waals surface area contributed by atoms with E-state index < -0.39 is 0 Å². The Balaban J connectivity index is 0.000000142. The minimum absolute atomic E-state index is 0.905. The van der Waals surface area contributed by atoms with Gasteiger partial charge in [-0.05, 0) is 47.5 Å². The summed E-state index contributed by atoms with van der Waals surface area (Å²) >= 11 is 0. The molecule has 0 fully saturated rings. The van der Waals surface area contributed by atoms with E-state index in [-0.39, 0.29) is 0 Å². The zero-order valence-corrected chi connectivity index (χ0v) is 19.5. The molecule has 2 aliphatic rings. The molecule has 0 saturated heterocycles. The summed E-state index contributed by atoms with van der Waals surface area (Å²) in [5.74, 6) is 13.1. The van der Waals surface area contributed by atoms with Crippen LogP contribution in [0.4, 0.5) is 11.4 Å². The minimum Gasteiger partial charge on any atom is -0.369 e. The van der Waals surface area contributed by atoms with Gasteiger partial charge in [0.1, 0.15) is 0 Å². The summed E-state index contributed by atoms with van der Waals surface area (Å²) in [7, 11) is 4.23. The van der Waals surface area contributed by atoms with Gasteiger partial charge in [-0.2, -0.15) is 0 Å². The van der Waals surface area contributed by atoms with Gasteiger partial charge in [0.2, 0.25) is 0 Å². The van der Waals surface area contributed by atoms with Crippen LogP contribution in [0.2, 0.25) is 0 Å². The molecule has 2 heteroatoms. The number of hydrogen-bond acceptors (Lipinski definition) is 2. The second-order valence-electron chi connectivity index (χ2n) is 8.56. The second kappa shape index (κ2) is 9.62. The van der Waals surface area contributed by atoms with Crippen molar-refractivity contribution in [2.45, 2.75) is 13.1 Å². The quantitative estimate of drug-likeness (QED) is 0.307. The molecule has 0 bridgehead atoms. The van der Waals surface area contributed by atoms with Crippen molar-refractivity contribution in [3.63, 3.8) is 0 Å². The average Bonchev–Trinajstić information content (AvgIpc) is 2.86. The fraction of sp³-hybridized carbons (Fsp3) is 0.125. The monoisotopic (exact) mass is 438 g/mol. The van der Waals surface area contributed by atoms with E-state index in [1.807, 2.05) is 24.3 Å². The normalized spacial score (nSPS) is 12.6. The zero-order chi connectivity index (χ0) is 23.3. The highest BCUT2D eigenvalue weighted by Gasteiger charge is 2.11. The van der Waals surface area contributed by atoms with E-state index in [1.165, 1.54) is 22.5 Å². The molecule has 2 nitrogen and oxygen atoms in total. The summed E-state index contributed by atoms with van der Waals surface area (Å²) in [5, 5.41) is 0. The SMILES string of the molecule is CN1Cc2ccccc2C#Cc2ccccc21.CN1Cc2ccccc2C#Cc2ccccc21. The maximum absolute atomic E-state index is 3.27. The topological polar surface area (TPSA) is 6.48 Å². The highest BCUT2D eigenvalue weighted by atomic mass is 15.1. The van der Waals surface area contributed by atoms with Gasteiger partial charge in [-0.15, -0.1) is 0 Å². The molecule has 0 radical (unpaired) electrons. The Morgan fingerprint density at radius 3 is 1.21 bits per heavy atom. The summed E-state index contributed by atoms with van der Waals surface area (Å²) < 4.78 is 0. The molecule has 0 atom stereocenters. The van der Waals surface area contributed by atoms with Crippen molar-refractivity contribution in [1.29, 1.82) is 0 Å². The van der Waals surface area contributed by atoms with Crippen LogP contribution in [-0.2, 0) is 13.1 Å². The van der Waals surface area contributed by atoms with E-state index in [4.69, 9.17) is 0 Å². The molecule has 0 saturated carbocycles. The lowest BCUT2D eigenvalue weighted by atomic mass is 10.0. The van der Waals surface area contributed by atoms with Crippen LogP contribution in [0.3, 0.4) is 0 Å². The molecule has 34 heavy (non-hydrogen) atoms. The molecule has 6 rings (SSSR count). The molecule has 0 amide bonds. The first kappa shape index (κ1) is 21.4. The first-order valence-corrected chi connectivity index (χ1v) is 11.5. The van der Waals surface area contributed by atoms with Crippen molar-refractivity contribution in [2.24, 2.45) is 0 Å². The van der Waals surface area contributed by atoms with Gasteiger partial charge in [0.25, 0.3) is 0 Å². The third kappa shape index (κ3) is 4.54. The molecule has 4 aromatic carbocycles. The number of anilines is 2. The predicted molar refractivity (Wildman–Crippen MR) is 142 cm³/mol. The number of nitrogens with zero attached hydrogens (tertiary/aromatic N) is 2. The van der Waals surface area contributed by atoms with Crippen LogP contribution in [0.1, 0.15) is 33.4 Å². The van der Waals surface area contributed by atoms with Crippen molar-refractivity contribution < 1.29 is 0 Å². The third-order valence-electron chi connectivity index (χ3n) is 6.14. The van der Waals surface area contributed by atoms with E-state index in [1.54, 1.807) is 0 Å². The molecule has 0 N–H and O–H groups in total. The average molecular weight is 439 g/mol. The van der Waals surface area contributed by atoms with Crippen molar-refractivity contribution in [3.8, 4) is 23.7 Å². The number of hydrogen-bond donors (Lipinski definition) is 0. The first-order valence-electron chi connectivity index (χ1n) is 11.5. The highest BCUT2D eigenvalue weighted by Crippen LogP contribution is 2.24. The molecule has 2 aliphatic heterocycles. The van der Waals surface area contributed by atoms with Gasteiger partial charge in [-0.25, -0.2) is 0 Å². The largest absolute Gasteiger partial charge is 0.369 e. The highest BCUT2D eigenvalue weighted by molar-refractivity contribution is 5.65. The van der Waals surface area contributed by atoms with Gasteiger partial charge in [-0.3, -0.25) is 0 Å². The third-order valence-corrected chi connectivity index (χ3v) is 6.14. The Morgan fingerprint density at radius 2 is 0.765 bits per heavy atom. The van der Waals surface area contributed by atoms with Gasteiger partial charge < -0.3 is 9.80 Å². The van der Waals surface area contributed by atoms with Crippen LogP contribution in [0.5, 0.6) is 0 Å². The van der Waals surface area contributed by atoms with Crippen LogP contribution in [0.25, 0.3) is 0 Å². The summed E-state index contributed by atoms with van der Waals surface area (Å²) in [6.45, 7) is 1.81. The molecule has 4 aromatic rings. The standard InChI is InChI=1S/2C16H13N/c2*1-17-12-15-8-3-2-6-13(15)10-11-14-7-4-5-9-16(14)17/h2*2-9H,12H2,1H3. The van der Waals surface area contributed by atoms with E-state index in [0.717, 1.165) is 35.3 Å². The van der Waals surface area contributed by atoms with E-state index in [9.17, 15) is 0 Å². The molecule has 0 unspecified atom stereocenters. The van der Waals surface area contributed by atoms with Gasteiger partial charge in [-0.1, -0.05) is 84.3 Å². The van der Waals surface area contributed by atoms with Crippen LogP contribution >= 0.6 is 0 Å². The van der Waals surface area contributed by atoms with Crippen LogP contribution in [0, 0.1) is 23.7 Å². The van der Waals surface area contributed by atoms with Crippen LogP contribution in [-0.4, -0.2) is 14.1 Å². The fourth-order valence-corrected chi connectivity index (χ4v) is 4.34. The summed E-state index contributed by atoms with van der Waals surface area (Å²) in [6, 6.07) is 33.3. The van der Waals surface area contributed by atoms with Gasteiger partial charge >= 0.3 is 0 Å². The molecule has 0 aromatic heterocycles. The van der Waals surface area contributed by atoms with Crippen LogP contribution < -0.4 is 9.80 Å². The summed E-state index contributed by atoms with van der Waals surface area (Å²) in [6.07, 6.45) is 0. The van der Waals surface area contributed by atoms with Crippen molar-refractivity contribution in [2.75, 3.05) is 23.9 Å². The summed E-state index contributed by atoms with van der Waals surface area (Å²) in [4.78, 5) is 4.50. The molecule has 164 valence electrons. The van der Waals surface area contributed by atoms with Gasteiger partial charge in [0, 0.05) is 49.4 Å². The smallest absolute Gasteiger partial charge is 0.0525 e. The summed E-state index contributed by atoms with van der Waals surface area (Å²) in [5.41, 5.74) is 9.45. The van der Waals surface area contributed by atoms with Crippen molar-refractivity contribution in [1.82, 2.24) is 0 Å². The number of fused-ring (bicyclic) bond motifs is 4. The molecule has 0 spiro atoms. The zero-order valence-electron chi connectivity index (χ0n) is 19.5. The maximum Gasteiger partial charge on any atom is 0.0525 e. The Bertz CT molecular complexity index is 1350. The second-order valence-corrected chi connectivity index (χ2v) is 8.56. The van der Waals surface area contributed by atoms with Crippen molar-refractivity contribution in [3.05, 3.63) is 130 Å². The lowest BCUT2D eigenvalue weighted by Crippen LogP contribution is -2.19. The van der Waals surface area contributed by atoms with Gasteiger partial charge in [0.15, 0.2) is 0 Å². The fourth-order valence-electron chi connectivity index (χ4n) is 4.34. The van der Waals surface area contributed by atoms with Crippen LogP contribution in [0.15, 0.2) is 97.1 Å². The number of rotatable bonds is 0. The molecular formula is C32H26N2. The Labute approximate surface area is 202 Å². The number of benzene rings is 4. The first-order chi connectivity index (χ1) is 16.7. The Morgan fingerprint density at radius 1 is 0.441 bits per heavy atom. The van der Waals surface area contributed by atoms with Crippen molar-refractivity contribution >= 4 is 11.4 Å². The Hall–Kier alpha value is -4.40. The number of para-hydroxylation sites is 2. The Kier molecular flexibility index (Phi) is 6.07. The molecular weight excluding hydrogens is 412 g/mol. The van der Waals surface area contributed by atoms with E-state index >= 15 is 0 Å².